The van der Waals surface area contributed by atoms with Gasteiger partial charge in [0, 0.05) is 18.9 Å². The molecular formula is C21H22N2O5. The third kappa shape index (κ3) is 2.83. The largest absolute Gasteiger partial charge is 0.504 e. The highest BCUT2D eigenvalue weighted by Crippen LogP contribution is 2.50. The lowest BCUT2D eigenvalue weighted by molar-refractivity contribution is -0.175. The lowest BCUT2D eigenvalue weighted by atomic mass is 9.73. The topological polar surface area (TPSA) is 113 Å². The SMILES string of the molecule is C[C@@]12C[C@@H](c3ccccc3O1)[C@@H](C(N)=O)C(=O)N2CCc1ccc(O)c(O)c1. The maximum atomic E-state index is 13.2. The predicted molar refractivity (Wildman–Crippen MR) is 101 cm³/mol. The molecular weight excluding hydrogens is 360 g/mol. The van der Waals surface area contributed by atoms with Crippen LogP contribution in [0.1, 0.15) is 30.4 Å². The van der Waals surface area contributed by atoms with E-state index in [-0.39, 0.29) is 29.9 Å². The molecule has 2 bridgehead atoms. The van der Waals surface area contributed by atoms with Crippen LogP contribution in [0.25, 0.3) is 0 Å². The molecule has 2 aliphatic heterocycles. The number of rotatable bonds is 4. The molecule has 0 unspecified atom stereocenters. The van der Waals surface area contributed by atoms with Crippen LogP contribution >= 0.6 is 0 Å². The van der Waals surface area contributed by atoms with Gasteiger partial charge in [0.25, 0.3) is 0 Å². The van der Waals surface area contributed by atoms with Crippen LogP contribution in [0.2, 0.25) is 0 Å². The van der Waals surface area contributed by atoms with Crippen molar-refractivity contribution in [1.29, 1.82) is 0 Å². The molecule has 2 heterocycles. The monoisotopic (exact) mass is 382 g/mol. The molecule has 7 nitrogen and oxygen atoms in total. The van der Waals surface area contributed by atoms with E-state index in [1.165, 1.54) is 12.1 Å². The van der Waals surface area contributed by atoms with Gasteiger partial charge in [-0.15, -0.1) is 0 Å². The fourth-order valence-corrected chi connectivity index (χ4v) is 4.34. The first kappa shape index (κ1) is 18.2. The van der Waals surface area contributed by atoms with Gasteiger partial charge in [0.2, 0.25) is 11.8 Å². The molecule has 2 aromatic carbocycles. The molecule has 4 rings (SSSR count). The van der Waals surface area contributed by atoms with Crippen LogP contribution in [0.5, 0.6) is 17.2 Å². The van der Waals surface area contributed by atoms with Crippen LogP contribution in [0.4, 0.5) is 0 Å². The molecule has 3 atom stereocenters. The fourth-order valence-electron chi connectivity index (χ4n) is 4.34. The smallest absolute Gasteiger partial charge is 0.238 e. The summed E-state index contributed by atoms with van der Waals surface area (Å²) in [7, 11) is 0. The maximum Gasteiger partial charge on any atom is 0.238 e. The summed E-state index contributed by atoms with van der Waals surface area (Å²) >= 11 is 0. The standard InChI is InChI=1S/C21H22N2O5/c1-21-11-14(13-4-2-3-5-17(13)28-21)18(19(22)26)20(27)23(21)9-8-12-6-7-15(24)16(25)10-12/h2-7,10,14,18,24-25H,8-9,11H2,1H3,(H2,22,26)/t14-,18-,21-/m0/s1. The molecule has 146 valence electrons. The minimum absolute atomic E-state index is 0.200. The van der Waals surface area contributed by atoms with Gasteiger partial charge in [0.1, 0.15) is 11.7 Å². The number of nitrogens with zero attached hydrogens (tertiary/aromatic N) is 1. The number of phenolic OH excluding ortho intramolecular Hbond substituents is 2. The highest BCUT2D eigenvalue weighted by Gasteiger charge is 2.55. The number of piperidine rings is 1. The van der Waals surface area contributed by atoms with Gasteiger partial charge in [0.15, 0.2) is 17.2 Å². The number of fused-ring (bicyclic) bond motifs is 4. The van der Waals surface area contributed by atoms with Crippen LogP contribution in [-0.2, 0) is 16.0 Å². The highest BCUT2D eigenvalue weighted by molar-refractivity contribution is 6.01. The number of para-hydroxylation sites is 1. The number of hydrogen-bond donors (Lipinski definition) is 3. The number of phenols is 2. The molecule has 4 N–H and O–H groups in total. The van der Waals surface area contributed by atoms with Gasteiger partial charge in [-0.25, -0.2) is 0 Å². The first-order valence-corrected chi connectivity index (χ1v) is 9.20. The number of benzene rings is 2. The van der Waals surface area contributed by atoms with Crippen LogP contribution in [0.3, 0.4) is 0 Å². The van der Waals surface area contributed by atoms with Gasteiger partial charge in [0.05, 0.1) is 0 Å². The normalized spacial score (nSPS) is 25.8. The number of amides is 2. The van der Waals surface area contributed by atoms with E-state index in [4.69, 9.17) is 10.5 Å². The molecule has 0 spiro atoms. The molecule has 7 heteroatoms. The van der Waals surface area contributed by atoms with E-state index in [9.17, 15) is 19.8 Å². The van der Waals surface area contributed by atoms with Crippen molar-refractivity contribution in [1.82, 2.24) is 4.90 Å². The fraction of sp³-hybridized carbons (Fsp3) is 0.333. The zero-order chi connectivity index (χ0) is 20.1. The van der Waals surface area contributed by atoms with E-state index in [0.717, 1.165) is 11.1 Å². The van der Waals surface area contributed by atoms with Gasteiger partial charge in [-0.1, -0.05) is 24.3 Å². The summed E-state index contributed by atoms with van der Waals surface area (Å²) in [6.45, 7) is 2.14. The van der Waals surface area contributed by atoms with Gasteiger partial charge in [-0.2, -0.15) is 0 Å². The minimum Gasteiger partial charge on any atom is -0.504 e. The Morgan fingerprint density at radius 2 is 2.00 bits per heavy atom. The van der Waals surface area contributed by atoms with E-state index < -0.39 is 17.6 Å². The second-order valence-electron chi connectivity index (χ2n) is 7.57. The van der Waals surface area contributed by atoms with E-state index in [1.807, 2.05) is 31.2 Å². The van der Waals surface area contributed by atoms with Crippen molar-refractivity contribution in [2.24, 2.45) is 11.7 Å². The number of likely N-dealkylation sites (tertiary alicyclic amines) is 1. The molecule has 0 radical (unpaired) electrons. The maximum absolute atomic E-state index is 13.2. The van der Waals surface area contributed by atoms with Crippen molar-refractivity contribution in [3.05, 3.63) is 53.6 Å². The molecule has 0 aliphatic carbocycles. The average Bonchev–Trinajstić information content (AvgIpc) is 2.63. The summed E-state index contributed by atoms with van der Waals surface area (Å²) in [6.07, 6.45) is 0.903. The van der Waals surface area contributed by atoms with Gasteiger partial charge < -0.3 is 25.6 Å². The minimum atomic E-state index is -0.939. The number of primary amides is 1. The summed E-state index contributed by atoms with van der Waals surface area (Å²) < 4.78 is 6.20. The second kappa shape index (κ2) is 6.44. The molecule has 2 amide bonds. The van der Waals surface area contributed by atoms with Crippen LogP contribution < -0.4 is 10.5 Å². The summed E-state index contributed by atoms with van der Waals surface area (Å²) in [4.78, 5) is 26.9. The third-order valence-electron chi connectivity index (χ3n) is 5.72. The van der Waals surface area contributed by atoms with Gasteiger partial charge in [-0.05, 0) is 42.7 Å². The Morgan fingerprint density at radius 3 is 2.71 bits per heavy atom. The van der Waals surface area contributed by atoms with Crippen LogP contribution in [0, 0.1) is 5.92 Å². The van der Waals surface area contributed by atoms with E-state index >= 15 is 0 Å². The van der Waals surface area contributed by atoms with Gasteiger partial charge in [-0.3, -0.25) is 9.59 Å². The van der Waals surface area contributed by atoms with E-state index in [0.29, 0.717) is 18.6 Å². The van der Waals surface area contributed by atoms with Crippen LogP contribution in [0.15, 0.2) is 42.5 Å². The Morgan fingerprint density at radius 1 is 1.25 bits per heavy atom. The van der Waals surface area contributed by atoms with Crippen molar-refractivity contribution in [3.8, 4) is 17.2 Å². The lowest BCUT2D eigenvalue weighted by Gasteiger charge is -2.52. The molecule has 1 fully saturated rings. The Kier molecular flexibility index (Phi) is 4.18. The molecule has 28 heavy (non-hydrogen) atoms. The number of hydrogen-bond acceptors (Lipinski definition) is 5. The van der Waals surface area contributed by atoms with E-state index in [2.05, 4.69) is 0 Å². The van der Waals surface area contributed by atoms with Crippen LogP contribution in [-0.4, -0.2) is 39.2 Å². The van der Waals surface area contributed by atoms with Crippen molar-refractivity contribution in [3.63, 3.8) is 0 Å². The summed E-state index contributed by atoms with van der Waals surface area (Å²) in [5.41, 5.74) is 6.31. The second-order valence-corrected chi connectivity index (χ2v) is 7.57. The molecule has 0 aromatic heterocycles. The van der Waals surface area contributed by atoms with Crippen molar-refractivity contribution < 1.29 is 24.5 Å². The molecule has 2 aromatic rings. The average molecular weight is 382 g/mol. The summed E-state index contributed by atoms with van der Waals surface area (Å²) in [6, 6.07) is 12.0. The zero-order valence-corrected chi connectivity index (χ0v) is 15.5. The molecule has 0 saturated carbocycles. The quantitative estimate of drug-likeness (QED) is 0.552. The number of ether oxygens (including phenoxy) is 1. The summed E-state index contributed by atoms with van der Waals surface area (Å²) in [5, 5.41) is 19.2. The van der Waals surface area contributed by atoms with E-state index in [1.54, 1.807) is 11.0 Å². The number of carbonyl (C=O) groups excluding carboxylic acids is 2. The highest BCUT2D eigenvalue weighted by atomic mass is 16.5. The predicted octanol–water partition coefficient (Wildman–Crippen LogP) is 1.87. The Balaban J connectivity index is 1.66. The number of nitrogens with two attached hydrogens (primary N) is 1. The molecule has 1 saturated heterocycles. The third-order valence-corrected chi connectivity index (χ3v) is 5.72. The summed E-state index contributed by atoms with van der Waals surface area (Å²) in [5.74, 6) is -1.99. The Labute approximate surface area is 162 Å². The first-order valence-electron chi connectivity index (χ1n) is 9.20. The Bertz CT molecular complexity index is 960. The van der Waals surface area contributed by atoms with Crippen molar-refractivity contribution in [2.45, 2.75) is 31.4 Å². The number of carbonyl (C=O) groups is 2. The zero-order valence-electron chi connectivity index (χ0n) is 15.5. The van der Waals surface area contributed by atoms with Crippen molar-refractivity contribution >= 4 is 11.8 Å². The first-order chi connectivity index (χ1) is 13.3. The van der Waals surface area contributed by atoms with Crippen molar-refractivity contribution in [2.75, 3.05) is 6.54 Å². The van der Waals surface area contributed by atoms with Gasteiger partial charge >= 0.3 is 0 Å². The lowest BCUT2D eigenvalue weighted by Crippen LogP contribution is -2.64. The Hall–Kier alpha value is -3.22. The number of aromatic hydroxyl groups is 2. The molecule has 2 aliphatic rings.